The highest BCUT2D eigenvalue weighted by molar-refractivity contribution is 7.92. The summed E-state index contributed by atoms with van der Waals surface area (Å²) in [7, 11) is -3.56. The van der Waals surface area contributed by atoms with E-state index in [0.29, 0.717) is 42.5 Å². The average Bonchev–Trinajstić information content (AvgIpc) is 3.10. The number of thiazole rings is 1. The Morgan fingerprint density at radius 1 is 1.15 bits per heavy atom. The molecule has 1 amide bonds. The van der Waals surface area contributed by atoms with Crippen LogP contribution in [0.5, 0.6) is 11.5 Å². The molecule has 1 aliphatic rings. The van der Waals surface area contributed by atoms with E-state index in [1.807, 2.05) is 19.9 Å². The second-order valence-corrected chi connectivity index (χ2v) is 11.2. The Balaban J connectivity index is 1.40. The van der Waals surface area contributed by atoms with Crippen molar-refractivity contribution in [2.45, 2.75) is 32.7 Å². The van der Waals surface area contributed by atoms with Crippen molar-refractivity contribution in [3.05, 3.63) is 46.1 Å². The number of anilines is 2. The molecule has 0 saturated heterocycles. The molecule has 4 rings (SSSR count). The Hall–Kier alpha value is -3.05. The Labute approximate surface area is 202 Å². The third-order valence-corrected chi connectivity index (χ3v) is 7.50. The highest BCUT2D eigenvalue weighted by Gasteiger charge is 2.21. The number of nitrogens with one attached hydrogen (secondary N) is 1. The molecule has 34 heavy (non-hydrogen) atoms. The summed E-state index contributed by atoms with van der Waals surface area (Å²) >= 11 is 1.14. The first-order valence-electron chi connectivity index (χ1n) is 11.0. The van der Waals surface area contributed by atoms with Crippen molar-refractivity contribution in [1.82, 2.24) is 4.57 Å². The number of aromatic nitrogens is 1. The summed E-state index contributed by atoms with van der Waals surface area (Å²) < 4.78 is 39.6. The van der Waals surface area contributed by atoms with E-state index in [4.69, 9.17) is 9.47 Å². The van der Waals surface area contributed by atoms with Gasteiger partial charge in [0.25, 0.3) is 0 Å². The van der Waals surface area contributed by atoms with E-state index in [1.165, 1.54) is 4.31 Å². The highest BCUT2D eigenvalue weighted by Crippen LogP contribution is 2.34. The zero-order valence-corrected chi connectivity index (χ0v) is 20.9. The standard InChI is InChI=1S/C23H27N3O6S2/c1-15(2)26-18-8-6-16(13-21(18)33-23(26)28)24-22(27)5-4-10-25(34(3,29)30)17-7-9-19-20(14-17)32-12-11-31-19/h6-9,13-15H,4-5,10-12H2,1-3H3,(H,24,27). The molecule has 0 spiro atoms. The monoisotopic (exact) mass is 505 g/mol. The van der Waals surface area contributed by atoms with Crippen LogP contribution in [0.25, 0.3) is 10.2 Å². The molecule has 2 aromatic carbocycles. The lowest BCUT2D eigenvalue weighted by Crippen LogP contribution is -2.31. The maximum atomic E-state index is 12.5. The van der Waals surface area contributed by atoms with Gasteiger partial charge in [0.15, 0.2) is 11.5 Å². The van der Waals surface area contributed by atoms with Crippen LogP contribution in [0.4, 0.5) is 11.4 Å². The molecular weight excluding hydrogens is 478 g/mol. The van der Waals surface area contributed by atoms with Gasteiger partial charge in [-0.05, 0) is 50.6 Å². The van der Waals surface area contributed by atoms with Crippen LogP contribution in [-0.4, -0.2) is 44.9 Å². The number of ether oxygens (including phenoxy) is 2. The van der Waals surface area contributed by atoms with Crippen molar-refractivity contribution in [2.75, 3.05) is 35.6 Å². The lowest BCUT2D eigenvalue weighted by molar-refractivity contribution is -0.116. The summed E-state index contributed by atoms with van der Waals surface area (Å²) in [6.07, 6.45) is 1.60. The number of carbonyl (C=O) groups excluding carboxylic acids is 1. The van der Waals surface area contributed by atoms with Crippen LogP contribution in [0.1, 0.15) is 32.7 Å². The van der Waals surface area contributed by atoms with E-state index in [2.05, 4.69) is 5.32 Å². The Morgan fingerprint density at radius 3 is 2.59 bits per heavy atom. The molecule has 9 nitrogen and oxygen atoms in total. The fourth-order valence-electron chi connectivity index (χ4n) is 3.88. The molecule has 0 saturated carbocycles. The quantitative estimate of drug-likeness (QED) is 0.501. The lowest BCUT2D eigenvalue weighted by Gasteiger charge is -2.25. The Bertz CT molecular complexity index is 1380. The molecule has 182 valence electrons. The van der Waals surface area contributed by atoms with Crippen LogP contribution >= 0.6 is 11.3 Å². The van der Waals surface area contributed by atoms with Gasteiger partial charge in [-0.2, -0.15) is 0 Å². The van der Waals surface area contributed by atoms with Gasteiger partial charge < -0.3 is 14.8 Å². The average molecular weight is 506 g/mol. The summed E-state index contributed by atoms with van der Waals surface area (Å²) in [6, 6.07) is 10.4. The van der Waals surface area contributed by atoms with E-state index >= 15 is 0 Å². The predicted molar refractivity (Wildman–Crippen MR) is 134 cm³/mol. The zero-order chi connectivity index (χ0) is 24.5. The molecule has 0 unspecified atom stereocenters. The fourth-order valence-corrected chi connectivity index (χ4v) is 5.89. The van der Waals surface area contributed by atoms with E-state index in [9.17, 15) is 18.0 Å². The van der Waals surface area contributed by atoms with Crippen molar-refractivity contribution in [3.63, 3.8) is 0 Å². The minimum Gasteiger partial charge on any atom is -0.486 e. The predicted octanol–water partition coefficient (Wildman–Crippen LogP) is 3.60. The number of nitrogens with zero attached hydrogens (tertiary/aromatic N) is 2. The smallest absolute Gasteiger partial charge is 0.308 e. The van der Waals surface area contributed by atoms with Gasteiger partial charge in [-0.3, -0.25) is 18.5 Å². The van der Waals surface area contributed by atoms with Gasteiger partial charge in [-0.1, -0.05) is 11.3 Å². The van der Waals surface area contributed by atoms with Crippen molar-refractivity contribution in [1.29, 1.82) is 0 Å². The molecule has 3 aromatic rings. The van der Waals surface area contributed by atoms with Gasteiger partial charge in [0.05, 0.1) is 22.2 Å². The first-order valence-corrected chi connectivity index (χ1v) is 13.6. The van der Waals surface area contributed by atoms with Crippen LogP contribution < -0.4 is 24.0 Å². The summed E-state index contributed by atoms with van der Waals surface area (Å²) in [5.74, 6) is 0.846. The van der Waals surface area contributed by atoms with Crippen LogP contribution in [0.3, 0.4) is 0 Å². The number of benzene rings is 2. The first-order chi connectivity index (χ1) is 16.1. The van der Waals surface area contributed by atoms with Gasteiger partial charge in [-0.25, -0.2) is 8.42 Å². The minimum absolute atomic E-state index is 0.0338. The normalized spacial score (nSPS) is 13.3. The number of hydrogen-bond acceptors (Lipinski definition) is 7. The molecule has 2 heterocycles. The van der Waals surface area contributed by atoms with Gasteiger partial charge in [-0.15, -0.1) is 0 Å². The fraction of sp³-hybridized carbons (Fsp3) is 0.391. The van der Waals surface area contributed by atoms with Crippen LogP contribution in [0.2, 0.25) is 0 Å². The Kier molecular flexibility index (Phi) is 6.85. The van der Waals surface area contributed by atoms with E-state index in [1.54, 1.807) is 34.9 Å². The number of amides is 1. The van der Waals surface area contributed by atoms with Crippen molar-refractivity contribution in [3.8, 4) is 11.5 Å². The second kappa shape index (κ2) is 9.67. The highest BCUT2D eigenvalue weighted by atomic mass is 32.2. The molecule has 1 aliphatic heterocycles. The number of fused-ring (bicyclic) bond motifs is 2. The topological polar surface area (TPSA) is 107 Å². The number of sulfonamides is 1. The maximum Gasteiger partial charge on any atom is 0.308 e. The largest absolute Gasteiger partial charge is 0.486 e. The lowest BCUT2D eigenvalue weighted by atomic mass is 10.2. The van der Waals surface area contributed by atoms with E-state index < -0.39 is 10.0 Å². The third-order valence-electron chi connectivity index (χ3n) is 5.39. The van der Waals surface area contributed by atoms with Gasteiger partial charge in [0.1, 0.15) is 13.2 Å². The number of rotatable bonds is 8. The third kappa shape index (κ3) is 5.20. The molecule has 1 N–H and O–H groups in total. The molecule has 0 radical (unpaired) electrons. The van der Waals surface area contributed by atoms with Crippen molar-refractivity contribution >= 4 is 48.9 Å². The maximum absolute atomic E-state index is 12.5. The van der Waals surface area contributed by atoms with Crippen molar-refractivity contribution in [2.24, 2.45) is 0 Å². The minimum atomic E-state index is -3.56. The molecule has 11 heteroatoms. The van der Waals surface area contributed by atoms with E-state index in [0.717, 1.165) is 27.8 Å². The van der Waals surface area contributed by atoms with E-state index in [-0.39, 0.29) is 29.8 Å². The Morgan fingerprint density at radius 2 is 1.88 bits per heavy atom. The van der Waals surface area contributed by atoms with Gasteiger partial charge in [0.2, 0.25) is 15.9 Å². The zero-order valence-electron chi connectivity index (χ0n) is 19.2. The summed E-state index contributed by atoms with van der Waals surface area (Å²) in [4.78, 5) is 24.7. The molecule has 0 bridgehead atoms. The van der Waals surface area contributed by atoms with Crippen LogP contribution in [0, 0.1) is 0 Å². The molecule has 0 aliphatic carbocycles. The van der Waals surface area contributed by atoms with Crippen molar-refractivity contribution < 1.29 is 22.7 Å². The van der Waals surface area contributed by atoms with Crippen LogP contribution in [0.15, 0.2) is 41.2 Å². The molecule has 1 aromatic heterocycles. The van der Waals surface area contributed by atoms with Gasteiger partial charge in [0, 0.05) is 30.8 Å². The summed E-state index contributed by atoms with van der Waals surface area (Å²) in [5, 5.41) is 2.84. The van der Waals surface area contributed by atoms with Gasteiger partial charge >= 0.3 is 4.87 Å². The molecule has 0 fully saturated rings. The SMILES string of the molecule is CC(C)n1c(=O)sc2cc(NC(=O)CCCN(c3ccc4c(c3)OCCO4)S(C)(=O)=O)ccc21. The molecular formula is C23H27N3O6S2. The number of carbonyl (C=O) groups is 1. The second-order valence-electron chi connectivity index (χ2n) is 8.33. The summed E-state index contributed by atoms with van der Waals surface area (Å²) in [5.41, 5.74) is 1.90. The molecule has 0 atom stereocenters. The number of hydrogen-bond donors (Lipinski definition) is 1. The van der Waals surface area contributed by atoms with Crippen LogP contribution in [-0.2, 0) is 14.8 Å². The first kappa shape index (κ1) is 24.1. The summed E-state index contributed by atoms with van der Waals surface area (Å²) in [6.45, 7) is 4.90.